The van der Waals surface area contributed by atoms with E-state index < -0.39 is 23.7 Å². The van der Waals surface area contributed by atoms with Gasteiger partial charge in [0.05, 0.1) is 5.56 Å². The van der Waals surface area contributed by atoms with Crippen molar-refractivity contribution in [1.82, 2.24) is 5.32 Å². The van der Waals surface area contributed by atoms with Gasteiger partial charge in [-0.2, -0.15) is 8.78 Å². The maximum atomic E-state index is 12.4. The SMILES string of the molecule is CCNC(=O)[C@H](C)OC(=O)c1ccccc1SC(F)F. The predicted octanol–water partition coefficient (Wildman–Crippen LogP) is 2.68. The van der Waals surface area contributed by atoms with E-state index in [1.54, 1.807) is 19.1 Å². The molecule has 1 aromatic rings. The quantitative estimate of drug-likeness (QED) is 0.648. The normalized spacial score (nSPS) is 12.1. The number of likely N-dealkylation sites (N-methyl/N-ethyl adjacent to an activating group) is 1. The van der Waals surface area contributed by atoms with Gasteiger partial charge in [-0.15, -0.1) is 0 Å². The fraction of sp³-hybridized carbons (Fsp3) is 0.385. The molecule has 1 N–H and O–H groups in total. The fourth-order valence-electron chi connectivity index (χ4n) is 1.43. The summed E-state index contributed by atoms with van der Waals surface area (Å²) >= 11 is 0.264. The molecule has 0 saturated heterocycles. The lowest BCUT2D eigenvalue weighted by molar-refractivity contribution is -0.128. The van der Waals surface area contributed by atoms with Crippen molar-refractivity contribution in [3.63, 3.8) is 0 Å². The molecule has 0 aliphatic rings. The Morgan fingerprint density at radius 2 is 2.00 bits per heavy atom. The van der Waals surface area contributed by atoms with E-state index in [4.69, 9.17) is 4.74 Å². The van der Waals surface area contributed by atoms with Crippen LogP contribution in [0.5, 0.6) is 0 Å². The van der Waals surface area contributed by atoms with Gasteiger partial charge < -0.3 is 10.1 Å². The number of thioether (sulfide) groups is 1. The number of esters is 1. The highest BCUT2D eigenvalue weighted by molar-refractivity contribution is 7.99. The molecule has 4 nitrogen and oxygen atoms in total. The summed E-state index contributed by atoms with van der Waals surface area (Å²) in [6, 6.07) is 5.89. The van der Waals surface area contributed by atoms with Crippen LogP contribution >= 0.6 is 11.8 Å². The molecule has 0 saturated carbocycles. The number of rotatable bonds is 6. The Kier molecular flexibility index (Phi) is 6.44. The van der Waals surface area contributed by atoms with Gasteiger partial charge in [0, 0.05) is 11.4 Å². The summed E-state index contributed by atoms with van der Waals surface area (Å²) < 4.78 is 29.8. The number of hydrogen-bond donors (Lipinski definition) is 1. The number of amides is 1. The van der Waals surface area contributed by atoms with Crippen LogP contribution in [-0.2, 0) is 9.53 Å². The molecule has 0 unspecified atom stereocenters. The Balaban J connectivity index is 2.79. The maximum absolute atomic E-state index is 12.4. The fourth-order valence-corrected chi connectivity index (χ4v) is 2.06. The number of halogens is 2. The van der Waals surface area contributed by atoms with Gasteiger partial charge in [-0.3, -0.25) is 4.79 Å². The number of nitrogens with one attached hydrogen (secondary N) is 1. The summed E-state index contributed by atoms with van der Waals surface area (Å²) in [4.78, 5) is 23.5. The molecule has 0 heterocycles. The largest absolute Gasteiger partial charge is 0.449 e. The molecule has 0 aromatic heterocycles. The highest BCUT2D eigenvalue weighted by atomic mass is 32.2. The van der Waals surface area contributed by atoms with E-state index in [1.165, 1.54) is 19.1 Å². The van der Waals surface area contributed by atoms with E-state index in [0.29, 0.717) is 6.54 Å². The van der Waals surface area contributed by atoms with Crippen LogP contribution in [0.2, 0.25) is 0 Å². The standard InChI is InChI=1S/C13H15F2NO3S/c1-3-16-11(17)8(2)19-12(18)9-6-4-5-7-10(9)20-13(14)15/h4-8,13H,3H2,1-2H3,(H,16,17)/t8-/m0/s1. The van der Waals surface area contributed by atoms with E-state index in [1.807, 2.05) is 0 Å². The third-order valence-electron chi connectivity index (χ3n) is 2.33. The van der Waals surface area contributed by atoms with Crippen LogP contribution in [0, 0.1) is 0 Å². The van der Waals surface area contributed by atoms with Gasteiger partial charge >= 0.3 is 5.97 Å². The second kappa shape index (κ2) is 7.84. The summed E-state index contributed by atoms with van der Waals surface area (Å²) in [5, 5.41) is 2.51. The van der Waals surface area contributed by atoms with Crippen molar-refractivity contribution in [3.05, 3.63) is 29.8 Å². The van der Waals surface area contributed by atoms with Crippen molar-refractivity contribution in [2.45, 2.75) is 30.6 Å². The van der Waals surface area contributed by atoms with E-state index >= 15 is 0 Å². The molecule has 20 heavy (non-hydrogen) atoms. The third kappa shape index (κ3) is 4.80. The zero-order valence-electron chi connectivity index (χ0n) is 11.1. The first-order valence-corrected chi connectivity index (χ1v) is 6.86. The number of carbonyl (C=O) groups is 2. The summed E-state index contributed by atoms with van der Waals surface area (Å²) in [5.41, 5.74) is 0.0222. The molecule has 0 aliphatic carbocycles. The molecule has 0 fully saturated rings. The summed E-state index contributed by atoms with van der Waals surface area (Å²) in [5.74, 6) is -3.86. The van der Waals surface area contributed by atoms with Crippen LogP contribution in [0.4, 0.5) is 8.78 Å². The summed E-state index contributed by atoms with van der Waals surface area (Å²) in [7, 11) is 0. The first-order chi connectivity index (χ1) is 9.45. The molecule has 0 spiro atoms. The van der Waals surface area contributed by atoms with Crippen molar-refractivity contribution >= 4 is 23.6 Å². The molecule has 0 aliphatic heterocycles. The molecule has 7 heteroatoms. The second-order valence-electron chi connectivity index (χ2n) is 3.82. The molecule has 110 valence electrons. The molecule has 1 aromatic carbocycles. The topological polar surface area (TPSA) is 55.4 Å². The Morgan fingerprint density at radius 3 is 2.60 bits per heavy atom. The van der Waals surface area contributed by atoms with Crippen molar-refractivity contribution in [3.8, 4) is 0 Å². The zero-order valence-corrected chi connectivity index (χ0v) is 11.9. The monoisotopic (exact) mass is 303 g/mol. The van der Waals surface area contributed by atoms with Gasteiger partial charge in [-0.05, 0) is 26.0 Å². The highest BCUT2D eigenvalue weighted by Gasteiger charge is 2.21. The van der Waals surface area contributed by atoms with Crippen LogP contribution in [0.25, 0.3) is 0 Å². The highest BCUT2D eigenvalue weighted by Crippen LogP contribution is 2.28. The van der Waals surface area contributed by atoms with Crippen molar-refractivity contribution in [1.29, 1.82) is 0 Å². The second-order valence-corrected chi connectivity index (χ2v) is 4.85. The summed E-state index contributed by atoms with van der Waals surface area (Å²) in [6.07, 6.45) is -0.980. The first kappa shape index (κ1) is 16.4. The molecule has 1 atom stereocenters. The average molecular weight is 303 g/mol. The lowest BCUT2D eigenvalue weighted by Crippen LogP contribution is -2.35. The Labute approximate surface area is 119 Å². The van der Waals surface area contributed by atoms with Crippen molar-refractivity contribution < 1.29 is 23.1 Å². The maximum Gasteiger partial charge on any atom is 0.340 e. The van der Waals surface area contributed by atoms with Gasteiger partial charge in [0.25, 0.3) is 11.7 Å². The molecule has 1 amide bonds. The first-order valence-electron chi connectivity index (χ1n) is 5.98. The van der Waals surface area contributed by atoms with Gasteiger partial charge in [-0.1, -0.05) is 23.9 Å². The van der Waals surface area contributed by atoms with Crippen LogP contribution < -0.4 is 5.32 Å². The smallest absolute Gasteiger partial charge is 0.340 e. The number of hydrogen-bond acceptors (Lipinski definition) is 4. The van der Waals surface area contributed by atoms with Gasteiger partial charge in [0.15, 0.2) is 6.10 Å². The molecule has 1 rings (SSSR count). The minimum absolute atomic E-state index is 0.0222. The van der Waals surface area contributed by atoms with Crippen LogP contribution in [0.1, 0.15) is 24.2 Å². The van der Waals surface area contributed by atoms with Crippen molar-refractivity contribution in [2.75, 3.05) is 6.54 Å². The number of benzene rings is 1. The molecular formula is C13H15F2NO3S. The van der Waals surface area contributed by atoms with Gasteiger partial charge in [0.2, 0.25) is 0 Å². The minimum atomic E-state index is -2.63. The number of carbonyl (C=O) groups excluding carboxylic acids is 2. The number of alkyl halides is 2. The lowest BCUT2D eigenvalue weighted by atomic mass is 10.2. The van der Waals surface area contributed by atoms with Crippen LogP contribution in [-0.4, -0.2) is 30.3 Å². The van der Waals surface area contributed by atoms with E-state index in [-0.39, 0.29) is 22.2 Å². The predicted molar refractivity (Wildman–Crippen MR) is 71.9 cm³/mol. The van der Waals surface area contributed by atoms with Crippen LogP contribution in [0.15, 0.2) is 29.2 Å². The molecular weight excluding hydrogens is 288 g/mol. The minimum Gasteiger partial charge on any atom is -0.449 e. The summed E-state index contributed by atoms with van der Waals surface area (Å²) in [6.45, 7) is 3.57. The van der Waals surface area contributed by atoms with E-state index in [9.17, 15) is 18.4 Å². The van der Waals surface area contributed by atoms with E-state index in [2.05, 4.69) is 5.32 Å². The Morgan fingerprint density at radius 1 is 1.35 bits per heavy atom. The molecule has 0 bridgehead atoms. The van der Waals surface area contributed by atoms with Crippen molar-refractivity contribution in [2.24, 2.45) is 0 Å². The van der Waals surface area contributed by atoms with Gasteiger partial charge in [0.1, 0.15) is 0 Å². The van der Waals surface area contributed by atoms with E-state index in [0.717, 1.165) is 0 Å². The average Bonchev–Trinajstić information content (AvgIpc) is 2.38. The number of ether oxygens (including phenoxy) is 1. The Bertz CT molecular complexity index is 482. The third-order valence-corrected chi connectivity index (χ3v) is 3.12. The van der Waals surface area contributed by atoms with Crippen LogP contribution in [0.3, 0.4) is 0 Å². The lowest BCUT2D eigenvalue weighted by Gasteiger charge is -2.14. The molecule has 0 radical (unpaired) electrons. The van der Waals surface area contributed by atoms with Gasteiger partial charge in [-0.25, -0.2) is 4.79 Å². The Hall–Kier alpha value is -1.63. The zero-order chi connectivity index (χ0) is 15.1.